The van der Waals surface area contributed by atoms with Crippen LogP contribution in [0.3, 0.4) is 0 Å². The van der Waals surface area contributed by atoms with E-state index in [9.17, 15) is 4.79 Å². The van der Waals surface area contributed by atoms with E-state index >= 15 is 0 Å². The summed E-state index contributed by atoms with van der Waals surface area (Å²) < 4.78 is 0. The van der Waals surface area contributed by atoms with Crippen molar-refractivity contribution in [3.63, 3.8) is 0 Å². The molecule has 2 aromatic rings. The third kappa shape index (κ3) is 3.52. The molecule has 0 radical (unpaired) electrons. The van der Waals surface area contributed by atoms with Crippen LogP contribution in [0.15, 0.2) is 35.4 Å². The first-order chi connectivity index (χ1) is 11.0. The molecule has 3 rings (SSSR count). The van der Waals surface area contributed by atoms with E-state index in [4.69, 9.17) is 4.98 Å². The molecule has 0 unspecified atom stereocenters. The monoisotopic (exact) mass is 311 g/mol. The van der Waals surface area contributed by atoms with Crippen LogP contribution in [0.1, 0.15) is 51.6 Å². The minimum atomic E-state index is -0.0671. The maximum absolute atomic E-state index is 12.2. The molecule has 0 aliphatic heterocycles. The number of H-pyrrole nitrogens is 1. The van der Waals surface area contributed by atoms with Gasteiger partial charge in [-0.05, 0) is 42.7 Å². The van der Waals surface area contributed by atoms with Crippen LogP contribution in [0, 0.1) is 17.8 Å². The Morgan fingerprint density at radius 3 is 2.65 bits per heavy atom. The van der Waals surface area contributed by atoms with Crippen LogP contribution in [0.2, 0.25) is 0 Å². The highest BCUT2D eigenvalue weighted by Gasteiger charge is 2.33. The summed E-state index contributed by atoms with van der Waals surface area (Å²) >= 11 is 0. The molecule has 4 nitrogen and oxygen atoms in total. The second kappa shape index (κ2) is 6.65. The highest BCUT2D eigenvalue weighted by Crippen LogP contribution is 2.43. The summed E-state index contributed by atoms with van der Waals surface area (Å²) in [7, 11) is 0. The summed E-state index contributed by atoms with van der Waals surface area (Å²) in [5, 5.41) is 0. The van der Waals surface area contributed by atoms with E-state index in [1.807, 2.05) is 12.1 Å². The van der Waals surface area contributed by atoms with E-state index in [-0.39, 0.29) is 5.56 Å². The molecule has 1 N–H and O–H groups in total. The van der Waals surface area contributed by atoms with Gasteiger partial charge in [-0.2, -0.15) is 0 Å². The molecule has 1 fully saturated rings. The van der Waals surface area contributed by atoms with Crippen molar-refractivity contribution in [2.24, 2.45) is 17.8 Å². The Morgan fingerprint density at radius 1 is 1.22 bits per heavy atom. The lowest BCUT2D eigenvalue weighted by atomic mass is 9.69. The van der Waals surface area contributed by atoms with Gasteiger partial charge in [-0.15, -0.1) is 0 Å². The Labute approximate surface area is 137 Å². The molecular weight excluding hydrogens is 286 g/mol. The minimum Gasteiger partial charge on any atom is -0.307 e. The maximum Gasteiger partial charge on any atom is 0.251 e. The second-order valence-electron chi connectivity index (χ2n) is 7.19. The first kappa shape index (κ1) is 15.9. The number of hydrogen-bond acceptors (Lipinski definition) is 3. The van der Waals surface area contributed by atoms with Crippen molar-refractivity contribution in [3.05, 3.63) is 46.6 Å². The molecule has 0 amide bonds. The molecule has 1 saturated carbocycles. The van der Waals surface area contributed by atoms with Crippen LogP contribution >= 0.6 is 0 Å². The number of pyridine rings is 1. The lowest BCUT2D eigenvalue weighted by Crippen LogP contribution is -2.28. The summed E-state index contributed by atoms with van der Waals surface area (Å²) in [6.07, 6.45) is 7.07. The van der Waals surface area contributed by atoms with E-state index in [1.165, 1.54) is 12.8 Å². The number of nitrogens with one attached hydrogen (secondary N) is 1. The molecule has 2 aromatic heterocycles. The molecule has 0 spiro atoms. The summed E-state index contributed by atoms with van der Waals surface area (Å²) in [6, 6.07) is 5.46. The van der Waals surface area contributed by atoms with Crippen molar-refractivity contribution in [2.45, 2.75) is 46.0 Å². The van der Waals surface area contributed by atoms with E-state index in [0.717, 1.165) is 17.7 Å². The van der Waals surface area contributed by atoms with E-state index in [2.05, 4.69) is 30.7 Å². The van der Waals surface area contributed by atoms with Crippen molar-refractivity contribution in [1.82, 2.24) is 15.0 Å². The fraction of sp³-hybridized carbons (Fsp3) is 0.526. The number of rotatable bonds is 3. The number of aromatic amines is 1. The third-order valence-electron chi connectivity index (χ3n) is 5.12. The first-order valence-electron chi connectivity index (χ1n) is 8.56. The predicted molar refractivity (Wildman–Crippen MR) is 92.2 cm³/mol. The Morgan fingerprint density at radius 2 is 1.96 bits per heavy atom. The van der Waals surface area contributed by atoms with Gasteiger partial charge in [0.2, 0.25) is 0 Å². The summed E-state index contributed by atoms with van der Waals surface area (Å²) in [4.78, 5) is 23.9. The highest BCUT2D eigenvalue weighted by molar-refractivity contribution is 5.53. The van der Waals surface area contributed by atoms with Crippen LogP contribution in [-0.4, -0.2) is 15.0 Å². The molecule has 122 valence electrons. The molecule has 3 atom stereocenters. The van der Waals surface area contributed by atoms with Crippen molar-refractivity contribution < 1.29 is 0 Å². The smallest absolute Gasteiger partial charge is 0.251 e. The Kier molecular flexibility index (Phi) is 4.60. The lowest BCUT2D eigenvalue weighted by molar-refractivity contribution is 0.194. The topological polar surface area (TPSA) is 58.6 Å². The van der Waals surface area contributed by atoms with Gasteiger partial charge in [0.1, 0.15) is 5.82 Å². The molecule has 2 heterocycles. The second-order valence-corrected chi connectivity index (χ2v) is 7.19. The van der Waals surface area contributed by atoms with Gasteiger partial charge in [0, 0.05) is 29.9 Å². The summed E-state index contributed by atoms with van der Waals surface area (Å²) in [6.45, 7) is 6.87. The SMILES string of the molecule is CC(C)[C@H]1CC[C@H](C)C[C@@H]1c1cc(=O)[nH]c(-c2ccncc2)n1. The number of nitrogens with zero attached hydrogens (tertiary/aromatic N) is 2. The van der Waals surface area contributed by atoms with Crippen LogP contribution < -0.4 is 5.56 Å². The van der Waals surface area contributed by atoms with Crippen LogP contribution in [-0.2, 0) is 0 Å². The molecule has 0 bridgehead atoms. The largest absolute Gasteiger partial charge is 0.307 e. The Bertz CT molecular complexity index is 708. The predicted octanol–water partition coefficient (Wildman–Crippen LogP) is 4.01. The normalized spacial score (nSPS) is 24.8. The molecule has 0 saturated heterocycles. The first-order valence-corrected chi connectivity index (χ1v) is 8.56. The zero-order valence-corrected chi connectivity index (χ0v) is 14.1. The van der Waals surface area contributed by atoms with Gasteiger partial charge >= 0.3 is 0 Å². The minimum absolute atomic E-state index is 0.0671. The molecule has 1 aliphatic rings. The number of aromatic nitrogens is 3. The van der Waals surface area contributed by atoms with Crippen molar-refractivity contribution >= 4 is 0 Å². The average molecular weight is 311 g/mol. The van der Waals surface area contributed by atoms with Crippen LogP contribution in [0.25, 0.3) is 11.4 Å². The molecule has 0 aromatic carbocycles. The molecule has 23 heavy (non-hydrogen) atoms. The summed E-state index contributed by atoms with van der Waals surface area (Å²) in [5.74, 6) is 2.93. The highest BCUT2D eigenvalue weighted by atomic mass is 16.1. The van der Waals surface area contributed by atoms with E-state index in [1.54, 1.807) is 18.5 Å². The van der Waals surface area contributed by atoms with Gasteiger partial charge in [0.15, 0.2) is 0 Å². The Balaban J connectivity index is 2.01. The van der Waals surface area contributed by atoms with E-state index < -0.39 is 0 Å². The van der Waals surface area contributed by atoms with Gasteiger partial charge in [0.25, 0.3) is 5.56 Å². The van der Waals surface area contributed by atoms with Gasteiger partial charge in [0.05, 0.1) is 5.69 Å². The number of hydrogen-bond donors (Lipinski definition) is 1. The van der Waals surface area contributed by atoms with Crippen molar-refractivity contribution in [3.8, 4) is 11.4 Å². The average Bonchev–Trinajstić information content (AvgIpc) is 2.54. The van der Waals surface area contributed by atoms with Gasteiger partial charge in [-0.3, -0.25) is 9.78 Å². The van der Waals surface area contributed by atoms with Crippen molar-refractivity contribution in [1.29, 1.82) is 0 Å². The molecule has 4 heteroatoms. The van der Waals surface area contributed by atoms with Crippen LogP contribution in [0.5, 0.6) is 0 Å². The Hall–Kier alpha value is -1.97. The quantitative estimate of drug-likeness (QED) is 0.931. The molecule has 1 aliphatic carbocycles. The van der Waals surface area contributed by atoms with Crippen LogP contribution in [0.4, 0.5) is 0 Å². The zero-order chi connectivity index (χ0) is 16.4. The van der Waals surface area contributed by atoms with Gasteiger partial charge < -0.3 is 4.98 Å². The van der Waals surface area contributed by atoms with Gasteiger partial charge in [-0.25, -0.2) is 4.98 Å². The fourth-order valence-electron chi connectivity index (χ4n) is 3.86. The van der Waals surface area contributed by atoms with Crippen molar-refractivity contribution in [2.75, 3.05) is 0 Å². The maximum atomic E-state index is 12.2. The third-order valence-corrected chi connectivity index (χ3v) is 5.12. The fourth-order valence-corrected chi connectivity index (χ4v) is 3.86. The molecular formula is C19H25N3O. The zero-order valence-electron chi connectivity index (χ0n) is 14.1. The summed E-state index contributed by atoms with van der Waals surface area (Å²) in [5.41, 5.74) is 1.79. The lowest BCUT2D eigenvalue weighted by Gasteiger charge is -2.37. The van der Waals surface area contributed by atoms with Gasteiger partial charge in [-0.1, -0.05) is 27.2 Å². The van der Waals surface area contributed by atoms with E-state index in [0.29, 0.717) is 29.5 Å². The standard InChI is InChI=1S/C19H25N3O/c1-12(2)15-5-4-13(3)10-16(15)17-11-18(23)22-19(21-17)14-6-8-20-9-7-14/h6-9,11-13,15-16H,4-5,10H2,1-3H3,(H,21,22,23)/t13-,15+,16-/m0/s1.